The van der Waals surface area contributed by atoms with E-state index in [1.807, 2.05) is 11.6 Å². The average Bonchev–Trinajstić information content (AvgIpc) is 2.64. The Morgan fingerprint density at radius 2 is 2.13 bits per heavy atom. The Labute approximate surface area is 90.7 Å². The highest BCUT2D eigenvalue weighted by atomic mass is 16.1. The third-order valence-corrected chi connectivity index (χ3v) is 2.29. The van der Waals surface area contributed by atoms with Gasteiger partial charge in [-0.3, -0.25) is 9.48 Å². The van der Waals surface area contributed by atoms with Crippen molar-refractivity contribution in [1.82, 2.24) is 14.8 Å². The van der Waals surface area contributed by atoms with Crippen molar-refractivity contribution in [1.29, 1.82) is 0 Å². The number of rotatable bonds is 7. The van der Waals surface area contributed by atoms with E-state index in [-0.39, 0.29) is 0 Å². The summed E-state index contributed by atoms with van der Waals surface area (Å²) in [4.78, 5) is 15.5. The Kier molecular flexibility index (Phi) is 5.01. The van der Waals surface area contributed by atoms with Gasteiger partial charge in [0.2, 0.25) is 0 Å². The van der Waals surface area contributed by atoms with E-state index in [1.165, 1.54) is 0 Å². The normalized spacial score (nSPS) is 10.5. The van der Waals surface area contributed by atoms with E-state index in [0.717, 1.165) is 31.6 Å². The Bertz CT molecular complexity index is 307. The van der Waals surface area contributed by atoms with Crippen LogP contribution < -0.4 is 0 Å². The van der Waals surface area contributed by atoms with Crippen LogP contribution in [0.25, 0.3) is 0 Å². The molecular weight excluding hydrogens is 190 g/mol. The number of aryl methyl sites for hydroxylation is 2. The first kappa shape index (κ1) is 11.9. The number of ketones is 1. The summed E-state index contributed by atoms with van der Waals surface area (Å²) in [6.45, 7) is 5.02. The molecule has 4 nitrogen and oxygen atoms in total. The molecule has 15 heavy (non-hydrogen) atoms. The summed E-state index contributed by atoms with van der Waals surface area (Å²) in [5.41, 5.74) is 0. The molecule has 0 saturated carbocycles. The molecule has 0 aliphatic heterocycles. The van der Waals surface area contributed by atoms with Crippen molar-refractivity contribution in [2.75, 3.05) is 0 Å². The van der Waals surface area contributed by atoms with Gasteiger partial charge in [-0.05, 0) is 12.8 Å². The second-order valence-corrected chi connectivity index (χ2v) is 3.69. The maximum Gasteiger partial charge on any atom is 0.138 e. The first-order valence-corrected chi connectivity index (χ1v) is 5.66. The highest BCUT2D eigenvalue weighted by Gasteiger charge is 2.06. The molecule has 0 fully saturated rings. The quantitative estimate of drug-likeness (QED) is 0.690. The van der Waals surface area contributed by atoms with Gasteiger partial charge in [-0.25, -0.2) is 4.98 Å². The van der Waals surface area contributed by atoms with Crippen molar-refractivity contribution in [3.05, 3.63) is 12.2 Å². The van der Waals surface area contributed by atoms with Crippen molar-refractivity contribution in [3.63, 3.8) is 0 Å². The molecule has 0 saturated heterocycles. The van der Waals surface area contributed by atoms with E-state index in [4.69, 9.17) is 0 Å². The first-order valence-electron chi connectivity index (χ1n) is 5.66. The molecule has 84 valence electrons. The van der Waals surface area contributed by atoms with Crippen LogP contribution in [0.15, 0.2) is 6.33 Å². The van der Waals surface area contributed by atoms with Crippen molar-refractivity contribution < 1.29 is 4.79 Å². The molecule has 0 unspecified atom stereocenters. The molecule has 0 aromatic carbocycles. The van der Waals surface area contributed by atoms with Gasteiger partial charge in [-0.15, -0.1) is 0 Å². The van der Waals surface area contributed by atoms with Crippen LogP contribution in [0, 0.1) is 0 Å². The molecule has 0 aliphatic carbocycles. The molecule has 1 aromatic heterocycles. The summed E-state index contributed by atoms with van der Waals surface area (Å²) < 4.78 is 1.89. The zero-order chi connectivity index (χ0) is 11.1. The third-order valence-electron chi connectivity index (χ3n) is 2.29. The maximum absolute atomic E-state index is 11.3. The lowest BCUT2D eigenvalue weighted by molar-refractivity contribution is -0.119. The van der Waals surface area contributed by atoms with Gasteiger partial charge in [0.05, 0.1) is 0 Å². The number of nitrogens with zero attached hydrogens (tertiary/aromatic N) is 3. The lowest BCUT2D eigenvalue weighted by Crippen LogP contribution is -2.08. The van der Waals surface area contributed by atoms with Gasteiger partial charge < -0.3 is 0 Å². The number of Topliss-reactive ketones (excluding diaryl/α,β-unsaturated/α-hetero) is 1. The number of carbonyl (C=O) groups is 1. The highest BCUT2D eigenvalue weighted by molar-refractivity contribution is 5.78. The van der Waals surface area contributed by atoms with Crippen LogP contribution >= 0.6 is 0 Å². The molecular formula is C11H19N3O. The highest BCUT2D eigenvalue weighted by Crippen LogP contribution is 2.03. The number of hydrogen-bond donors (Lipinski definition) is 0. The van der Waals surface area contributed by atoms with Crippen LogP contribution in [-0.4, -0.2) is 20.5 Å². The summed E-state index contributed by atoms with van der Waals surface area (Å²) >= 11 is 0. The van der Waals surface area contributed by atoms with Gasteiger partial charge in [0, 0.05) is 25.8 Å². The zero-order valence-corrected chi connectivity index (χ0v) is 9.57. The number of hydrogen-bond acceptors (Lipinski definition) is 3. The third kappa shape index (κ3) is 3.81. The molecule has 1 aromatic rings. The number of aromatic nitrogens is 3. The van der Waals surface area contributed by atoms with Crippen LogP contribution in [-0.2, 0) is 17.8 Å². The Morgan fingerprint density at radius 1 is 1.33 bits per heavy atom. The topological polar surface area (TPSA) is 47.8 Å². The van der Waals surface area contributed by atoms with Crippen molar-refractivity contribution in [2.24, 2.45) is 0 Å². The molecule has 0 spiro atoms. The minimum atomic E-state index is 0.323. The van der Waals surface area contributed by atoms with Crippen LogP contribution in [0.4, 0.5) is 0 Å². The predicted octanol–water partition coefficient (Wildman–Crippen LogP) is 1.99. The standard InChI is InChI=1S/C11H19N3O/c1-3-5-10(15)6-7-11-12-9-13-14(11)8-4-2/h9H,3-8H2,1-2H3. The second-order valence-electron chi connectivity index (χ2n) is 3.69. The summed E-state index contributed by atoms with van der Waals surface area (Å²) in [6.07, 6.45) is 5.53. The molecule has 0 N–H and O–H groups in total. The molecule has 1 heterocycles. The van der Waals surface area contributed by atoms with Gasteiger partial charge in [-0.2, -0.15) is 5.10 Å². The zero-order valence-electron chi connectivity index (χ0n) is 9.57. The van der Waals surface area contributed by atoms with Gasteiger partial charge in [-0.1, -0.05) is 13.8 Å². The fraction of sp³-hybridized carbons (Fsp3) is 0.727. The monoisotopic (exact) mass is 209 g/mol. The lowest BCUT2D eigenvalue weighted by Gasteiger charge is -2.03. The Balaban J connectivity index is 2.42. The molecule has 0 amide bonds. The van der Waals surface area contributed by atoms with Crippen molar-refractivity contribution in [3.8, 4) is 0 Å². The van der Waals surface area contributed by atoms with Gasteiger partial charge in [0.25, 0.3) is 0 Å². The molecule has 0 bridgehead atoms. The minimum absolute atomic E-state index is 0.323. The van der Waals surface area contributed by atoms with E-state index < -0.39 is 0 Å². The molecule has 1 rings (SSSR count). The predicted molar refractivity (Wildman–Crippen MR) is 58.5 cm³/mol. The van der Waals surface area contributed by atoms with E-state index in [9.17, 15) is 4.79 Å². The van der Waals surface area contributed by atoms with Crippen LogP contribution in [0.3, 0.4) is 0 Å². The summed E-state index contributed by atoms with van der Waals surface area (Å²) in [6, 6.07) is 0. The first-order chi connectivity index (χ1) is 7.27. The van der Waals surface area contributed by atoms with E-state index >= 15 is 0 Å². The summed E-state index contributed by atoms with van der Waals surface area (Å²) in [7, 11) is 0. The maximum atomic E-state index is 11.3. The van der Waals surface area contributed by atoms with Gasteiger partial charge in [0.1, 0.15) is 17.9 Å². The van der Waals surface area contributed by atoms with Crippen molar-refractivity contribution >= 4 is 5.78 Å². The van der Waals surface area contributed by atoms with Crippen molar-refractivity contribution in [2.45, 2.75) is 52.5 Å². The fourth-order valence-electron chi connectivity index (χ4n) is 1.54. The van der Waals surface area contributed by atoms with Crippen LogP contribution in [0.5, 0.6) is 0 Å². The molecule has 0 aliphatic rings. The second kappa shape index (κ2) is 6.32. The minimum Gasteiger partial charge on any atom is -0.300 e. The SMILES string of the molecule is CCCC(=O)CCc1ncnn1CCC. The summed E-state index contributed by atoms with van der Waals surface area (Å²) in [5.74, 6) is 1.25. The smallest absolute Gasteiger partial charge is 0.138 e. The van der Waals surface area contributed by atoms with Crippen LogP contribution in [0.2, 0.25) is 0 Å². The van der Waals surface area contributed by atoms with E-state index in [0.29, 0.717) is 18.6 Å². The average molecular weight is 209 g/mol. The lowest BCUT2D eigenvalue weighted by atomic mass is 10.1. The fourth-order valence-corrected chi connectivity index (χ4v) is 1.54. The van der Waals surface area contributed by atoms with E-state index in [1.54, 1.807) is 6.33 Å². The Hall–Kier alpha value is -1.19. The van der Waals surface area contributed by atoms with Crippen LogP contribution in [0.1, 0.15) is 45.4 Å². The molecule has 4 heteroatoms. The largest absolute Gasteiger partial charge is 0.300 e. The Morgan fingerprint density at radius 3 is 2.80 bits per heavy atom. The summed E-state index contributed by atoms with van der Waals surface area (Å²) in [5, 5.41) is 4.12. The number of carbonyl (C=O) groups excluding carboxylic acids is 1. The van der Waals surface area contributed by atoms with E-state index in [2.05, 4.69) is 17.0 Å². The van der Waals surface area contributed by atoms with Gasteiger partial charge >= 0.3 is 0 Å². The van der Waals surface area contributed by atoms with Gasteiger partial charge in [0.15, 0.2) is 0 Å². The molecule has 0 radical (unpaired) electrons. The molecule has 0 atom stereocenters.